The van der Waals surface area contributed by atoms with Crippen LogP contribution < -0.4 is 4.74 Å². The summed E-state index contributed by atoms with van der Waals surface area (Å²) in [4.78, 5) is 23.3. The maximum atomic E-state index is 12.2. The summed E-state index contributed by atoms with van der Waals surface area (Å²) in [6.45, 7) is 1.18. The minimum absolute atomic E-state index is 0.0536. The third kappa shape index (κ3) is 4.10. The molecule has 23 heavy (non-hydrogen) atoms. The van der Waals surface area contributed by atoms with Crippen molar-refractivity contribution in [3.8, 4) is 23.0 Å². The fourth-order valence-corrected chi connectivity index (χ4v) is 1.88. The Kier molecular flexibility index (Phi) is 4.66. The minimum Gasteiger partial charge on any atom is -0.508 e. The van der Waals surface area contributed by atoms with Crippen LogP contribution in [0.1, 0.15) is 22.8 Å². The number of ether oxygens (including phenoxy) is 1. The van der Waals surface area contributed by atoms with Crippen molar-refractivity contribution in [3.63, 3.8) is 0 Å². The Morgan fingerprint density at radius 3 is 2.30 bits per heavy atom. The predicted octanol–water partition coefficient (Wildman–Crippen LogP) is 2.62. The molecule has 0 aromatic heterocycles. The van der Waals surface area contributed by atoms with Crippen LogP contribution in [0.15, 0.2) is 42.5 Å². The molecule has 0 aliphatic carbocycles. The number of phenolic OH excluding ortho intramolecular Hbond substituents is 3. The van der Waals surface area contributed by atoms with Crippen LogP contribution in [0.4, 0.5) is 0 Å². The van der Waals surface area contributed by atoms with Crippen molar-refractivity contribution in [2.45, 2.75) is 6.92 Å². The summed E-state index contributed by atoms with van der Waals surface area (Å²) in [6, 6.07) is 7.76. The number of hydrogen-bond acceptors (Lipinski definition) is 6. The minimum atomic E-state index is -0.621. The second-order valence-corrected chi connectivity index (χ2v) is 4.71. The summed E-state index contributed by atoms with van der Waals surface area (Å²) >= 11 is 0. The molecule has 0 heterocycles. The molecule has 6 heteroatoms. The highest BCUT2D eigenvalue weighted by Gasteiger charge is 2.13. The van der Waals surface area contributed by atoms with Gasteiger partial charge in [0.2, 0.25) is 0 Å². The highest BCUT2D eigenvalue weighted by molar-refractivity contribution is 6.09. The van der Waals surface area contributed by atoms with Crippen LogP contribution in [0.3, 0.4) is 0 Å². The molecular weight excluding hydrogens is 300 g/mol. The molecule has 0 radical (unpaired) electrons. The van der Waals surface area contributed by atoms with E-state index in [2.05, 4.69) is 0 Å². The van der Waals surface area contributed by atoms with Crippen molar-refractivity contribution < 1.29 is 29.6 Å². The fraction of sp³-hybridized carbons (Fsp3) is 0.0588. The largest absolute Gasteiger partial charge is 0.508 e. The van der Waals surface area contributed by atoms with Gasteiger partial charge in [-0.15, -0.1) is 0 Å². The Labute approximate surface area is 131 Å². The van der Waals surface area contributed by atoms with Gasteiger partial charge in [0.25, 0.3) is 0 Å². The van der Waals surface area contributed by atoms with Crippen molar-refractivity contribution in [1.82, 2.24) is 0 Å². The second-order valence-electron chi connectivity index (χ2n) is 4.71. The van der Waals surface area contributed by atoms with Gasteiger partial charge in [-0.25, -0.2) is 0 Å². The first kappa shape index (κ1) is 16.1. The van der Waals surface area contributed by atoms with Crippen LogP contribution in [-0.4, -0.2) is 27.1 Å². The van der Waals surface area contributed by atoms with Gasteiger partial charge < -0.3 is 20.1 Å². The fourth-order valence-electron chi connectivity index (χ4n) is 1.88. The zero-order valence-corrected chi connectivity index (χ0v) is 12.2. The topological polar surface area (TPSA) is 104 Å². The van der Waals surface area contributed by atoms with E-state index in [4.69, 9.17) is 4.74 Å². The molecule has 6 nitrogen and oxygen atoms in total. The lowest BCUT2D eigenvalue weighted by atomic mass is 10.1. The summed E-state index contributed by atoms with van der Waals surface area (Å²) in [5.41, 5.74) is 0.427. The number of hydrogen-bond donors (Lipinski definition) is 3. The molecule has 2 aromatic rings. The molecule has 0 aliphatic rings. The second kappa shape index (κ2) is 6.65. The molecule has 0 atom stereocenters. The van der Waals surface area contributed by atoms with Gasteiger partial charge in [-0.3, -0.25) is 9.59 Å². The maximum absolute atomic E-state index is 12.2. The summed E-state index contributed by atoms with van der Waals surface area (Å²) in [5, 5.41) is 28.3. The van der Waals surface area contributed by atoms with Crippen LogP contribution in [0, 0.1) is 0 Å². The van der Waals surface area contributed by atoms with Crippen LogP contribution in [-0.2, 0) is 4.79 Å². The monoisotopic (exact) mass is 314 g/mol. The number of carbonyl (C=O) groups excluding carboxylic acids is 2. The molecule has 0 bridgehead atoms. The predicted molar refractivity (Wildman–Crippen MR) is 82.6 cm³/mol. The number of benzene rings is 2. The van der Waals surface area contributed by atoms with Crippen molar-refractivity contribution in [3.05, 3.63) is 53.6 Å². The van der Waals surface area contributed by atoms with Gasteiger partial charge in [0.15, 0.2) is 5.78 Å². The zero-order chi connectivity index (χ0) is 17.0. The number of allylic oxidation sites excluding steroid dienone is 1. The van der Waals surface area contributed by atoms with Crippen molar-refractivity contribution in [1.29, 1.82) is 0 Å². The van der Waals surface area contributed by atoms with Crippen LogP contribution in [0.25, 0.3) is 6.08 Å². The van der Waals surface area contributed by atoms with E-state index >= 15 is 0 Å². The number of phenols is 3. The molecule has 118 valence electrons. The third-order valence-corrected chi connectivity index (χ3v) is 2.91. The van der Waals surface area contributed by atoms with Gasteiger partial charge in [-0.2, -0.15) is 0 Å². The van der Waals surface area contributed by atoms with E-state index in [1.54, 1.807) is 0 Å². The standard InChI is InChI=1S/C17H14O6/c1-10(18)23-17-9-13(20)5-6-14(17)15(21)7-3-11-2-4-12(19)8-16(11)22/h2-9,19-20,22H,1H3. The number of ketones is 1. The molecule has 0 fully saturated rings. The molecule has 0 unspecified atom stereocenters. The maximum Gasteiger partial charge on any atom is 0.308 e. The van der Waals surface area contributed by atoms with Crippen LogP contribution in [0.2, 0.25) is 0 Å². The summed E-state index contributed by atoms with van der Waals surface area (Å²) in [5.74, 6) is -1.57. The Morgan fingerprint density at radius 1 is 1.00 bits per heavy atom. The van der Waals surface area contributed by atoms with E-state index in [1.165, 1.54) is 49.4 Å². The van der Waals surface area contributed by atoms with Gasteiger partial charge in [0.05, 0.1) is 5.56 Å². The highest BCUT2D eigenvalue weighted by Crippen LogP contribution is 2.27. The summed E-state index contributed by atoms with van der Waals surface area (Å²) in [6.07, 6.45) is 2.55. The first-order valence-corrected chi connectivity index (χ1v) is 6.62. The molecule has 0 spiro atoms. The average Bonchev–Trinajstić information content (AvgIpc) is 2.45. The Bertz CT molecular complexity index is 792. The lowest BCUT2D eigenvalue weighted by Gasteiger charge is -2.07. The average molecular weight is 314 g/mol. The van der Waals surface area contributed by atoms with Gasteiger partial charge in [0, 0.05) is 24.6 Å². The molecule has 2 rings (SSSR count). The lowest BCUT2D eigenvalue weighted by Crippen LogP contribution is -2.06. The first-order valence-electron chi connectivity index (χ1n) is 6.62. The Balaban J connectivity index is 2.30. The van der Waals surface area contributed by atoms with E-state index in [0.29, 0.717) is 5.56 Å². The molecule has 0 saturated heterocycles. The Morgan fingerprint density at radius 2 is 1.65 bits per heavy atom. The molecule has 0 saturated carbocycles. The highest BCUT2D eigenvalue weighted by atomic mass is 16.5. The van der Waals surface area contributed by atoms with E-state index in [9.17, 15) is 24.9 Å². The number of aromatic hydroxyl groups is 3. The third-order valence-electron chi connectivity index (χ3n) is 2.91. The molecule has 0 amide bonds. The summed E-state index contributed by atoms with van der Waals surface area (Å²) in [7, 11) is 0. The van der Waals surface area contributed by atoms with Gasteiger partial charge in [0.1, 0.15) is 23.0 Å². The van der Waals surface area contributed by atoms with Crippen LogP contribution in [0.5, 0.6) is 23.0 Å². The number of rotatable bonds is 4. The molecule has 3 N–H and O–H groups in total. The van der Waals surface area contributed by atoms with Gasteiger partial charge in [-0.05, 0) is 36.4 Å². The normalized spacial score (nSPS) is 10.7. The van der Waals surface area contributed by atoms with Crippen molar-refractivity contribution >= 4 is 17.8 Å². The molecular formula is C17H14O6. The lowest BCUT2D eigenvalue weighted by molar-refractivity contribution is -0.131. The smallest absolute Gasteiger partial charge is 0.308 e. The number of esters is 1. The number of carbonyl (C=O) groups is 2. The zero-order valence-electron chi connectivity index (χ0n) is 12.2. The van der Waals surface area contributed by atoms with Crippen LogP contribution >= 0.6 is 0 Å². The van der Waals surface area contributed by atoms with E-state index in [1.807, 2.05) is 0 Å². The van der Waals surface area contributed by atoms with Gasteiger partial charge in [-0.1, -0.05) is 0 Å². The first-order chi connectivity index (χ1) is 10.9. The quantitative estimate of drug-likeness (QED) is 0.347. The summed E-state index contributed by atoms with van der Waals surface area (Å²) < 4.78 is 4.90. The van der Waals surface area contributed by atoms with E-state index in [-0.39, 0.29) is 28.6 Å². The van der Waals surface area contributed by atoms with Crippen molar-refractivity contribution in [2.24, 2.45) is 0 Å². The molecule has 2 aromatic carbocycles. The van der Waals surface area contributed by atoms with E-state index < -0.39 is 11.8 Å². The van der Waals surface area contributed by atoms with Crippen molar-refractivity contribution in [2.75, 3.05) is 0 Å². The van der Waals surface area contributed by atoms with Gasteiger partial charge >= 0.3 is 5.97 Å². The SMILES string of the molecule is CC(=O)Oc1cc(O)ccc1C(=O)C=Cc1ccc(O)cc1O. The van der Waals surface area contributed by atoms with E-state index in [0.717, 1.165) is 6.07 Å². The Hall–Kier alpha value is -3.28. The molecule has 0 aliphatic heterocycles.